The van der Waals surface area contributed by atoms with E-state index < -0.39 is 0 Å². The van der Waals surface area contributed by atoms with Crippen LogP contribution in [0.25, 0.3) is 0 Å². The van der Waals surface area contributed by atoms with Crippen molar-refractivity contribution in [2.45, 2.75) is 53.9 Å². The van der Waals surface area contributed by atoms with Gasteiger partial charge in [0.15, 0.2) is 0 Å². The van der Waals surface area contributed by atoms with Gasteiger partial charge in [-0.15, -0.1) is 0 Å². The van der Waals surface area contributed by atoms with Crippen LogP contribution in [0.3, 0.4) is 0 Å². The van der Waals surface area contributed by atoms with Crippen molar-refractivity contribution in [2.24, 2.45) is 10.8 Å². The van der Waals surface area contributed by atoms with Gasteiger partial charge in [0.25, 0.3) is 0 Å². The van der Waals surface area contributed by atoms with Crippen molar-refractivity contribution >= 4 is 5.97 Å². The Labute approximate surface area is 106 Å². The zero-order valence-electron chi connectivity index (χ0n) is 12.3. The van der Waals surface area contributed by atoms with Crippen LogP contribution < -0.4 is 0 Å². The minimum Gasteiger partial charge on any atom is -0.465 e. The van der Waals surface area contributed by atoms with Gasteiger partial charge in [-0.2, -0.15) is 0 Å². The van der Waals surface area contributed by atoms with Crippen molar-refractivity contribution in [3.8, 4) is 0 Å². The fourth-order valence-electron chi connectivity index (χ4n) is 1.40. The second kappa shape index (κ2) is 7.00. The highest BCUT2D eigenvalue weighted by Crippen LogP contribution is 2.26. The molecule has 0 saturated heterocycles. The second-order valence-electron chi connectivity index (χ2n) is 6.28. The summed E-state index contributed by atoms with van der Waals surface area (Å²) in [5.41, 5.74) is 0.117. The number of ether oxygens (including phenoxy) is 2. The molecule has 0 bridgehead atoms. The SMILES string of the molecule is CCC(C)(C)CCC(=O)OCC(C)(C)COC. The van der Waals surface area contributed by atoms with Crippen LogP contribution in [0.2, 0.25) is 0 Å². The summed E-state index contributed by atoms with van der Waals surface area (Å²) >= 11 is 0. The van der Waals surface area contributed by atoms with Crippen molar-refractivity contribution < 1.29 is 14.3 Å². The Morgan fingerprint density at radius 1 is 1.06 bits per heavy atom. The minimum atomic E-state index is -0.106. The zero-order chi connectivity index (χ0) is 13.5. The molecule has 0 spiro atoms. The third-order valence-electron chi connectivity index (χ3n) is 3.12. The predicted molar refractivity (Wildman–Crippen MR) is 69.9 cm³/mol. The zero-order valence-corrected chi connectivity index (χ0v) is 12.3. The number of carbonyl (C=O) groups is 1. The van der Waals surface area contributed by atoms with Crippen molar-refractivity contribution in [2.75, 3.05) is 20.3 Å². The first-order valence-electron chi connectivity index (χ1n) is 6.37. The molecule has 3 nitrogen and oxygen atoms in total. The molecule has 3 heteroatoms. The van der Waals surface area contributed by atoms with Gasteiger partial charge in [-0.1, -0.05) is 41.0 Å². The Bertz CT molecular complexity index is 232. The van der Waals surface area contributed by atoms with E-state index in [0.29, 0.717) is 19.6 Å². The number of rotatable bonds is 8. The van der Waals surface area contributed by atoms with Crippen LogP contribution in [0, 0.1) is 10.8 Å². The topological polar surface area (TPSA) is 35.5 Å². The Kier molecular flexibility index (Phi) is 6.76. The molecule has 17 heavy (non-hydrogen) atoms. The van der Waals surface area contributed by atoms with Crippen molar-refractivity contribution in [3.05, 3.63) is 0 Å². The average molecular weight is 244 g/mol. The highest BCUT2D eigenvalue weighted by Gasteiger charge is 2.22. The van der Waals surface area contributed by atoms with Crippen LogP contribution in [0.4, 0.5) is 0 Å². The third-order valence-corrected chi connectivity index (χ3v) is 3.12. The predicted octanol–water partition coefficient (Wildman–Crippen LogP) is 3.42. The molecule has 0 amide bonds. The van der Waals surface area contributed by atoms with Crippen LogP contribution in [0.15, 0.2) is 0 Å². The van der Waals surface area contributed by atoms with Crippen LogP contribution in [-0.4, -0.2) is 26.3 Å². The summed E-state index contributed by atoms with van der Waals surface area (Å²) in [4.78, 5) is 11.6. The lowest BCUT2D eigenvalue weighted by Crippen LogP contribution is -2.27. The van der Waals surface area contributed by atoms with Gasteiger partial charge in [-0.05, 0) is 11.8 Å². The molecule has 0 atom stereocenters. The van der Waals surface area contributed by atoms with Crippen molar-refractivity contribution in [3.63, 3.8) is 0 Å². The Morgan fingerprint density at radius 3 is 2.12 bits per heavy atom. The molecule has 0 fully saturated rings. The molecule has 102 valence electrons. The van der Waals surface area contributed by atoms with Gasteiger partial charge in [0.1, 0.15) is 0 Å². The maximum atomic E-state index is 11.6. The quantitative estimate of drug-likeness (QED) is 0.614. The maximum absolute atomic E-state index is 11.6. The van der Waals surface area contributed by atoms with E-state index in [9.17, 15) is 4.79 Å². The summed E-state index contributed by atoms with van der Waals surface area (Å²) in [6, 6.07) is 0. The molecule has 0 N–H and O–H groups in total. The molecule has 0 heterocycles. The van der Waals surface area contributed by atoms with Gasteiger partial charge in [-0.3, -0.25) is 4.79 Å². The first-order valence-corrected chi connectivity index (χ1v) is 6.37. The molecule has 0 aromatic heterocycles. The number of methoxy groups -OCH3 is 1. The van der Waals surface area contributed by atoms with E-state index in [-0.39, 0.29) is 16.8 Å². The Morgan fingerprint density at radius 2 is 1.65 bits per heavy atom. The molecule has 0 unspecified atom stereocenters. The van der Waals surface area contributed by atoms with Gasteiger partial charge in [0.05, 0.1) is 13.2 Å². The van der Waals surface area contributed by atoms with Gasteiger partial charge in [-0.25, -0.2) is 0 Å². The molecule has 0 aliphatic rings. The van der Waals surface area contributed by atoms with Crippen LogP contribution >= 0.6 is 0 Å². The van der Waals surface area contributed by atoms with E-state index in [4.69, 9.17) is 9.47 Å². The van der Waals surface area contributed by atoms with Gasteiger partial charge in [0, 0.05) is 18.9 Å². The molecular weight excluding hydrogens is 216 g/mol. The molecule has 0 saturated carbocycles. The van der Waals surface area contributed by atoms with Crippen LogP contribution in [-0.2, 0) is 14.3 Å². The lowest BCUT2D eigenvalue weighted by molar-refractivity contribution is -0.148. The summed E-state index contributed by atoms with van der Waals surface area (Å²) in [7, 11) is 1.66. The highest BCUT2D eigenvalue weighted by molar-refractivity contribution is 5.69. The summed E-state index contributed by atoms with van der Waals surface area (Å²) in [5.74, 6) is -0.101. The minimum absolute atomic E-state index is 0.101. The monoisotopic (exact) mass is 244 g/mol. The first kappa shape index (κ1) is 16.4. The largest absolute Gasteiger partial charge is 0.465 e. The van der Waals surface area contributed by atoms with E-state index in [0.717, 1.165) is 12.8 Å². The Balaban J connectivity index is 3.88. The first-order chi connectivity index (χ1) is 7.72. The molecule has 0 radical (unpaired) electrons. The van der Waals surface area contributed by atoms with E-state index in [1.165, 1.54) is 0 Å². The Hall–Kier alpha value is -0.570. The summed E-state index contributed by atoms with van der Waals surface area (Å²) in [5, 5.41) is 0. The van der Waals surface area contributed by atoms with Crippen LogP contribution in [0.5, 0.6) is 0 Å². The van der Waals surface area contributed by atoms with Gasteiger partial charge < -0.3 is 9.47 Å². The third kappa shape index (κ3) is 8.19. The molecule has 0 aromatic carbocycles. The van der Waals surface area contributed by atoms with Gasteiger partial charge >= 0.3 is 5.97 Å². The molecule has 0 rings (SSSR count). The highest BCUT2D eigenvalue weighted by atomic mass is 16.5. The maximum Gasteiger partial charge on any atom is 0.305 e. The van der Waals surface area contributed by atoms with Crippen LogP contribution in [0.1, 0.15) is 53.9 Å². The standard InChI is InChI=1S/C14H28O3/c1-7-13(2,3)9-8-12(15)17-11-14(4,5)10-16-6/h7-11H2,1-6H3. The molecule has 0 aliphatic carbocycles. The molecular formula is C14H28O3. The van der Waals surface area contributed by atoms with E-state index in [1.807, 2.05) is 13.8 Å². The summed E-state index contributed by atoms with van der Waals surface area (Å²) < 4.78 is 10.4. The fourth-order valence-corrected chi connectivity index (χ4v) is 1.40. The lowest BCUT2D eigenvalue weighted by Gasteiger charge is -2.24. The molecule has 0 aliphatic heterocycles. The average Bonchev–Trinajstić information content (AvgIpc) is 2.24. The number of hydrogen-bond acceptors (Lipinski definition) is 3. The summed E-state index contributed by atoms with van der Waals surface area (Å²) in [6.07, 6.45) is 2.46. The summed E-state index contributed by atoms with van der Waals surface area (Å²) in [6.45, 7) is 11.6. The number of carbonyl (C=O) groups excluding carboxylic acids is 1. The van der Waals surface area contributed by atoms with Crippen molar-refractivity contribution in [1.82, 2.24) is 0 Å². The molecule has 0 aromatic rings. The fraction of sp³-hybridized carbons (Fsp3) is 0.929. The number of hydrogen-bond donors (Lipinski definition) is 0. The smallest absolute Gasteiger partial charge is 0.305 e. The van der Waals surface area contributed by atoms with Gasteiger partial charge in [0.2, 0.25) is 0 Å². The normalized spacial score (nSPS) is 12.6. The lowest BCUT2D eigenvalue weighted by atomic mass is 9.85. The van der Waals surface area contributed by atoms with E-state index in [2.05, 4.69) is 20.8 Å². The van der Waals surface area contributed by atoms with E-state index in [1.54, 1.807) is 7.11 Å². The van der Waals surface area contributed by atoms with Crippen molar-refractivity contribution in [1.29, 1.82) is 0 Å². The van der Waals surface area contributed by atoms with E-state index >= 15 is 0 Å². The second-order valence-corrected chi connectivity index (χ2v) is 6.28. The number of esters is 1.